The number of benzene rings is 2. The van der Waals surface area contributed by atoms with Gasteiger partial charge in [0, 0.05) is 18.3 Å². The fourth-order valence-electron chi connectivity index (χ4n) is 2.63. The number of carbonyl (C=O) groups is 3. The predicted molar refractivity (Wildman–Crippen MR) is 111 cm³/mol. The lowest BCUT2D eigenvalue weighted by Crippen LogP contribution is -2.41. The van der Waals surface area contributed by atoms with Crippen LogP contribution >= 0.6 is 15.9 Å². The van der Waals surface area contributed by atoms with Crippen LogP contribution in [-0.4, -0.2) is 30.3 Å². The zero-order chi connectivity index (χ0) is 21.9. The molecule has 3 rings (SSSR count). The molecule has 2 aromatic carbocycles. The SMILES string of the molecule is CCOC(=O)c1ccc(Oc2ccc(C=C3C(=O)OC(C)(C)OC3=O)c(Br)c2)cc1. The summed E-state index contributed by atoms with van der Waals surface area (Å²) in [5.41, 5.74) is 0.809. The molecule has 156 valence electrons. The molecule has 1 aliphatic rings. The van der Waals surface area contributed by atoms with Crippen LogP contribution in [0.15, 0.2) is 52.5 Å². The number of hydrogen-bond donors (Lipinski definition) is 0. The zero-order valence-corrected chi connectivity index (χ0v) is 18.1. The minimum Gasteiger partial charge on any atom is -0.462 e. The van der Waals surface area contributed by atoms with Crippen molar-refractivity contribution in [1.29, 1.82) is 0 Å². The largest absolute Gasteiger partial charge is 0.462 e. The number of hydrogen-bond acceptors (Lipinski definition) is 7. The summed E-state index contributed by atoms with van der Waals surface area (Å²) < 4.78 is 21.5. The average Bonchev–Trinajstić information content (AvgIpc) is 2.66. The topological polar surface area (TPSA) is 88.1 Å². The summed E-state index contributed by atoms with van der Waals surface area (Å²) in [7, 11) is 0. The van der Waals surface area contributed by atoms with Crippen molar-refractivity contribution < 1.29 is 33.3 Å². The fraction of sp³-hybridized carbons (Fsp3) is 0.227. The summed E-state index contributed by atoms with van der Waals surface area (Å²) in [5, 5.41) is 0. The summed E-state index contributed by atoms with van der Waals surface area (Å²) in [5.74, 6) is -2.13. The molecule has 0 N–H and O–H groups in total. The lowest BCUT2D eigenvalue weighted by molar-refractivity contribution is -0.222. The molecule has 1 aliphatic heterocycles. The highest BCUT2D eigenvalue weighted by Gasteiger charge is 2.38. The summed E-state index contributed by atoms with van der Waals surface area (Å²) in [6.45, 7) is 5.02. The Morgan fingerprint density at radius 1 is 1.03 bits per heavy atom. The van der Waals surface area contributed by atoms with Gasteiger partial charge in [0.1, 0.15) is 17.1 Å². The van der Waals surface area contributed by atoms with E-state index in [1.54, 1.807) is 49.4 Å². The van der Waals surface area contributed by atoms with Crippen LogP contribution in [0, 0.1) is 0 Å². The number of halogens is 1. The molecule has 0 bridgehead atoms. The molecule has 0 amide bonds. The Hall–Kier alpha value is -3.13. The van der Waals surface area contributed by atoms with Gasteiger partial charge in [-0.2, -0.15) is 0 Å². The minimum atomic E-state index is -1.29. The summed E-state index contributed by atoms with van der Waals surface area (Å²) in [6, 6.07) is 11.6. The maximum atomic E-state index is 12.1. The normalized spacial score (nSPS) is 15.1. The van der Waals surface area contributed by atoms with E-state index in [1.165, 1.54) is 19.9 Å². The summed E-state index contributed by atoms with van der Waals surface area (Å²) in [4.78, 5) is 35.9. The third kappa shape index (κ3) is 5.07. The quantitative estimate of drug-likeness (QED) is 0.354. The molecule has 0 saturated carbocycles. The lowest BCUT2D eigenvalue weighted by atomic mass is 10.1. The monoisotopic (exact) mass is 474 g/mol. The molecule has 0 spiro atoms. The maximum absolute atomic E-state index is 12.1. The van der Waals surface area contributed by atoms with Crippen molar-refractivity contribution in [3.05, 3.63) is 63.6 Å². The Morgan fingerprint density at radius 3 is 2.20 bits per heavy atom. The van der Waals surface area contributed by atoms with Crippen molar-refractivity contribution in [3.63, 3.8) is 0 Å². The molecule has 1 fully saturated rings. The number of carbonyl (C=O) groups excluding carboxylic acids is 3. The Morgan fingerprint density at radius 2 is 1.63 bits per heavy atom. The Balaban J connectivity index is 1.75. The van der Waals surface area contributed by atoms with E-state index in [0.29, 0.717) is 33.7 Å². The van der Waals surface area contributed by atoms with E-state index in [-0.39, 0.29) is 5.57 Å². The van der Waals surface area contributed by atoms with Gasteiger partial charge < -0.3 is 18.9 Å². The van der Waals surface area contributed by atoms with Gasteiger partial charge >= 0.3 is 17.9 Å². The second-order valence-electron chi connectivity index (χ2n) is 6.77. The minimum absolute atomic E-state index is 0.196. The van der Waals surface area contributed by atoms with E-state index in [0.717, 1.165) is 0 Å². The zero-order valence-electron chi connectivity index (χ0n) is 16.6. The molecule has 1 heterocycles. The van der Waals surface area contributed by atoms with Crippen LogP contribution in [0.25, 0.3) is 6.08 Å². The van der Waals surface area contributed by atoms with Gasteiger partial charge in [-0.1, -0.05) is 22.0 Å². The molecule has 8 heteroatoms. The summed E-state index contributed by atoms with van der Waals surface area (Å²) >= 11 is 3.41. The van der Waals surface area contributed by atoms with Gasteiger partial charge in [0.15, 0.2) is 0 Å². The first-order valence-corrected chi connectivity index (χ1v) is 9.91. The number of ether oxygens (including phenoxy) is 4. The second-order valence-corrected chi connectivity index (χ2v) is 7.62. The molecular formula is C22H19BrO7. The van der Waals surface area contributed by atoms with Gasteiger partial charge in [-0.3, -0.25) is 0 Å². The summed E-state index contributed by atoms with van der Waals surface area (Å²) in [6.07, 6.45) is 1.39. The highest BCUT2D eigenvalue weighted by molar-refractivity contribution is 9.10. The standard InChI is InChI=1S/C22H19BrO7/c1-4-27-19(24)13-5-8-15(9-6-13)28-16-10-7-14(18(23)12-16)11-17-20(25)29-22(2,3)30-21(17)26/h5-12H,4H2,1-3H3. The highest BCUT2D eigenvalue weighted by Crippen LogP contribution is 2.30. The number of cyclic esters (lactones) is 2. The molecule has 0 radical (unpaired) electrons. The van der Waals surface area contributed by atoms with Crippen molar-refractivity contribution in [2.45, 2.75) is 26.6 Å². The van der Waals surface area contributed by atoms with Crippen molar-refractivity contribution in [3.8, 4) is 11.5 Å². The highest BCUT2D eigenvalue weighted by atomic mass is 79.9. The van der Waals surface area contributed by atoms with Crippen LogP contribution in [0.1, 0.15) is 36.7 Å². The van der Waals surface area contributed by atoms with Gasteiger partial charge in [-0.25, -0.2) is 14.4 Å². The van der Waals surface area contributed by atoms with Crippen molar-refractivity contribution >= 4 is 39.9 Å². The van der Waals surface area contributed by atoms with E-state index in [2.05, 4.69) is 15.9 Å². The first kappa shape index (κ1) is 21.6. The van der Waals surface area contributed by atoms with E-state index in [1.807, 2.05) is 0 Å². The Labute approximate surface area is 181 Å². The van der Waals surface area contributed by atoms with E-state index >= 15 is 0 Å². The molecule has 0 aromatic heterocycles. The molecule has 0 atom stereocenters. The molecule has 1 saturated heterocycles. The van der Waals surface area contributed by atoms with E-state index in [4.69, 9.17) is 18.9 Å². The van der Waals surface area contributed by atoms with Crippen molar-refractivity contribution in [1.82, 2.24) is 0 Å². The first-order chi connectivity index (χ1) is 14.2. The third-order valence-electron chi connectivity index (χ3n) is 3.99. The van der Waals surface area contributed by atoms with Crippen LogP contribution in [0.3, 0.4) is 0 Å². The van der Waals surface area contributed by atoms with Crippen LogP contribution in [0.2, 0.25) is 0 Å². The van der Waals surface area contributed by atoms with Gasteiger partial charge in [0.2, 0.25) is 0 Å². The van der Waals surface area contributed by atoms with E-state index in [9.17, 15) is 14.4 Å². The first-order valence-electron chi connectivity index (χ1n) is 9.11. The number of rotatable bonds is 5. The smallest absolute Gasteiger partial charge is 0.348 e. The fourth-order valence-corrected chi connectivity index (χ4v) is 3.10. The Kier molecular flexibility index (Phi) is 6.26. The maximum Gasteiger partial charge on any atom is 0.348 e. The van der Waals surface area contributed by atoms with Crippen molar-refractivity contribution in [2.75, 3.05) is 6.61 Å². The van der Waals surface area contributed by atoms with Crippen molar-refractivity contribution in [2.24, 2.45) is 0 Å². The van der Waals surface area contributed by atoms with Crippen LogP contribution in [0.5, 0.6) is 11.5 Å². The van der Waals surface area contributed by atoms with E-state index < -0.39 is 23.7 Å². The predicted octanol–water partition coefficient (Wildman–Crippen LogP) is 4.64. The van der Waals surface area contributed by atoms with Gasteiger partial charge in [0.25, 0.3) is 5.79 Å². The molecular weight excluding hydrogens is 456 g/mol. The molecule has 2 aromatic rings. The lowest BCUT2D eigenvalue weighted by Gasteiger charge is -2.29. The average molecular weight is 475 g/mol. The third-order valence-corrected chi connectivity index (χ3v) is 4.68. The van der Waals surface area contributed by atoms with Gasteiger partial charge in [0.05, 0.1) is 12.2 Å². The molecule has 7 nitrogen and oxygen atoms in total. The van der Waals surface area contributed by atoms with Gasteiger partial charge in [-0.15, -0.1) is 0 Å². The molecule has 0 aliphatic carbocycles. The van der Waals surface area contributed by atoms with Crippen LogP contribution < -0.4 is 4.74 Å². The van der Waals surface area contributed by atoms with Crippen LogP contribution in [0.4, 0.5) is 0 Å². The molecule has 0 unspecified atom stereocenters. The Bertz CT molecular complexity index is 1000. The second kappa shape index (κ2) is 8.71. The molecule has 30 heavy (non-hydrogen) atoms. The van der Waals surface area contributed by atoms with Gasteiger partial charge in [-0.05, 0) is 55.0 Å². The number of esters is 3. The van der Waals surface area contributed by atoms with Crippen LogP contribution in [-0.2, 0) is 23.8 Å².